The first-order valence-corrected chi connectivity index (χ1v) is 11.7. The second-order valence-corrected chi connectivity index (χ2v) is 10.4. The van der Waals surface area contributed by atoms with Gasteiger partial charge in [0, 0.05) is 0 Å². The first kappa shape index (κ1) is 17.4. The van der Waals surface area contributed by atoms with Crippen LogP contribution in [0.25, 0.3) is 0 Å². The van der Waals surface area contributed by atoms with Crippen LogP contribution in [0.15, 0.2) is 0 Å². The van der Waals surface area contributed by atoms with Gasteiger partial charge in [0.1, 0.15) is 0 Å². The molecule has 0 aromatic rings. The predicted octanol–water partition coefficient (Wildman–Crippen LogP) is 7.33. The highest BCUT2D eigenvalue weighted by molar-refractivity contribution is 5.04. The van der Waals surface area contributed by atoms with Crippen LogP contribution in [0.3, 0.4) is 0 Å². The third-order valence-electron chi connectivity index (χ3n) is 9.44. The van der Waals surface area contributed by atoms with Crippen molar-refractivity contribution in [1.82, 2.24) is 0 Å². The lowest BCUT2D eigenvalue weighted by Crippen LogP contribution is -2.54. The molecule has 0 nitrogen and oxygen atoms in total. The molecule has 24 heavy (non-hydrogen) atoms. The van der Waals surface area contributed by atoms with E-state index in [1.54, 1.807) is 44.9 Å². The lowest BCUT2D eigenvalue weighted by atomic mass is 9.44. The minimum Gasteiger partial charge on any atom is -0.0654 e. The molecule has 0 bridgehead atoms. The molecule has 0 aromatic carbocycles. The number of rotatable bonds is 8. The van der Waals surface area contributed by atoms with Crippen LogP contribution in [0.4, 0.5) is 0 Å². The molecule has 4 saturated carbocycles. The molecular formula is C24H42. The summed E-state index contributed by atoms with van der Waals surface area (Å²) in [7, 11) is 0. The Balaban J connectivity index is 1.32. The van der Waals surface area contributed by atoms with Crippen molar-refractivity contribution >= 4 is 0 Å². The lowest BCUT2D eigenvalue weighted by Gasteiger charge is -2.61. The van der Waals surface area contributed by atoms with Crippen molar-refractivity contribution in [3.05, 3.63) is 0 Å². The molecule has 9 atom stereocenters. The van der Waals surface area contributed by atoms with Gasteiger partial charge in [-0.1, -0.05) is 52.9 Å². The molecule has 4 rings (SSSR count). The van der Waals surface area contributed by atoms with E-state index in [2.05, 4.69) is 20.8 Å². The van der Waals surface area contributed by atoms with Crippen molar-refractivity contribution in [3.8, 4) is 0 Å². The summed E-state index contributed by atoms with van der Waals surface area (Å²) in [5.74, 6) is 10.0. The van der Waals surface area contributed by atoms with E-state index in [-0.39, 0.29) is 0 Å². The van der Waals surface area contributed by atoms with Gasteiger partial charge < -0.3 is 0 Å². The highest BCUT2D eigenvalue weighted by Crippen LogP contribution is 2.63. The molecular weight excluding hydrogens is 288 g/mol. The zero-order valence-electron chi connectivity index (χ0n) is 16.7. The smallest absolute Gasteiger partial charge is 0.0349 e. The topological polar surface area (TPSA) is 0 Å². The maximum Gasteiger partial charge on any atom is -0.0349 e. The van der Waals surface area contributed by atoms with E-state index in [4.69, 9.17) is 0 Å². The highest BCUT2D eigenvalue weighted by atomic mass is 14.6. The molecule has 0 saturated heterocycles. The van der Waals surface area contributed by atoms with Gasteiger partial charge in [0.15, 0.2) is 0 Å². The van der Waals surface area contributed by atoms with Crippen LogP contribution < -0.4 is 0 Å². The van der Waals surface area contributed by atoms with Crippen molar-refractivity contribution in [2.45, 2.75) is 97.8 Å². The van der Waals surface area contributed by atoms with Crippen LogP contribution in [0.2, 0.25) is 0 Å². The maximum absolute atomic E-state index is 2.49. The third-order valence-corrected chi connectivity index (χ3v) is 9.44. The average molecular weight is 331 g/mol. The molecule has 9 unspecified atom stereocenters. The molecule has 0 amide bonds. The van der Waals surface area contributed by atoms with Gasteiger partial charge in [0.25, 0.3) is 0 Å². The Morgan fingerprint density at radius 1 is 0.833 bits per heavy atom. The van der Waals surface area contributed by atoms with Crippen molar-refractivity contribution in [1.29, 1.82) is 0 Å². The highest BCUT2D eigenvalue weighted by Gasteiger charge is 2.55. The Kier molecular flexibility index (Phi) is 5.31. The number of fused-ring (bicyclic) bond motifs is 2. The molecule has 0 N–H and O–H groups in total. The van der Waals surface area contributed by atoms with Crippen molar-refractivity contribution < 1.29 is 0 Å². The molecule has 0 aromatic heterocycles. The van der Waals surface area contributed by atoms with Crippen molar-refractivity contribution in [3.63, 3.8) is 0 Å². The second kappa shape index (κ2) is 7.32. The Morgan fingerprint density at radius 2 is 1.54 bits per heavy atom. The van der Waals surface area contributed by atoms with E-state index in [9.17, 15) is 0 Å². The van der Waals surface area contributed by atoms with Gasteiger partial charge >= 0.3 is 0 Å². The summed E-state index contributed by atoms with van der Waals surface area (Å²) in [6.45, 7) is 7.40. The van der Waals surface area contributed by atoms with Gasteiger partial charge in [-0.15, -0.1) is 0 Å². The molecule has 138 valence electrons. The van der Waals surface area contributed by atoms with Crippen LogP contribution in [-0.4, -0.2) is 0 Å². The van der Waals surface area contributed by atoms with Crippen LogP contribution in [0.5, 0.6) is 0 Å². The molecule has 4 aliphatic rings. The van der Waals surface area contributed by atoms with Crippen LogP contribution in [0.1, 0.15) is 97.8 Å². The molecule has 4 aliphatic carbocycles. The van der Waals surface area contributed by atoms with Gasteiger partial charge in [-0.2, -0.15) is 0 Å². The largest absolute Gasteiger partial charge is 0.0654 e. The van der Waals surface area contributed by atoms with Gasteiger partial charge in [0.2, 0.25) is 0 Å². The quantitative estimate of drug-likeness (QED) is 0.437. The lowest BCUT2D eigenvalue weighted by molar-refractivity contribution is -0.123. The zero-order chi connectivity index (χ0) is 16.7. The Bertz CT molecular complexity index is 412. The van der Waals surface area contributed by atoms with Gasteiger partial charge in [0.05, 0.1) is 0 Å². The van der Waals surface area contributed by atoms with Crippen LogP contribution >= 0.6 is 0 Å². The standard InChI is InChI=1S/C24H42/c1-4-6-17(8-10-18-9-7-16(18)3)13-22-21(5-2)23-14-19-11-12-20(19)15-24(22)23/h16-24H,4-15H2,1-3H3. The molecule has 0 spiro atoms. The van der Waals surface area contributed by atoms with Crippen molar-refractivity contribution in [2.24, 2.45) is 53.3 Å². The van der Waals surface area contributed by atoms with Gasteiger partial charge in [-0.3, -0.25) is 0 Å². The minimum atomic E-state index is 1.04. The normalized spacial score (nSPS) is 47.6. The fourth-order valence-electron chi connectivity index (χ4n) is 7.52. The summed E-state index contributed by atoms with van der Waals surface area (Å²) >= 11 is 0. The van der Waals surface area contributed by atoms with E-state index in [0.29, 0.717) is 0 Å². The van der Waals surface area contributed by atoms with E-state index < -0.39 is 0 Å². The SMILES string of the molecule is CCCC(CCC1CCC1C)CC1C(CC)C2CC3CCC3CC12. The molecule has 0 aliphatic heterocycles. The van der Waals surface area contributed by atoms with E-state index in [1.165, 1.54) is 32.1 Å². The number of hydrogen-bond acceptors (Lipinski definition) is 0. The summed E-state index contributed by atoms with van der Waals surface area (Å²) in [6.07, 6.45) is 18.6. The fourth-order valence-corrected chi connectivity index (χ4v) is 7.52. The Labute approximate surface area is 151 Å². The molecule has 4 fully saturated rings. The summed E-state index contributed by atoms with van der Waals surface area (Å²) in [5, 5.41) is 0. The summed E-state index contributed by atoms with van der Waals surface area (Å²) in [4.78, 5) is 0. The Morgan fingerprint density at radius 3 is 2.04 bits per heavy atom. The van der Waals surface area contributed by atoms with Crippen molar-refractivity contribution in [2.75, 3.05) is 0 Å². The summed E-state index contributed by atoms with van der Waals surface area (Å²) in [6, 6.07) is 0. The second-order valence-electron chi connectivity index (χ2n) is 10.4. The van der Waals surface area contributed by atoms with Gasteiger partial charge in [-0.05, 0) is 98.2 Å². The predicted molar refractivity (Wildman–Crippen MR) is 104 cm³/mol. The summed E-state index contributed by atoms with van der Waals surface area (Å²) in [5.41, 5.74) is 0. The fraction of sp³-hybridized carbons (Fsp3) is 1.00. The van der Waals surface area contributed by atoms with Crippen LogP contribution in [0, 0.1) is 53.3 Å². The van der Waals surface area contributed by atoms with Crippen LogP contribution in [-0.2, 0) is 0 Å². The molecule has 0 heteroatoms. The van der Waals surface area contributed by atoms with E-state index in [1.807, 2.05) is 0 Å². The average Bonchev–Trinajstić information content (AvgIpc) is 2.54. The Hall–Kier alpha value is 0. The summed E-state index contributed by atoms with van der Waals surface area (Å²) < 4.78 is 0. The monoisotopic (exact) mass is 330 g/mol. The molecule has 0 radical (unpaired) electrons. The minimum absolute atomic E-state index is 1.04. The number of hydrogen-bond donors (Lipinski definition) is 0. The third kappa shape index (κ3) is 3.09. The molecule has 0 heterocycles. The van der Waals surface area contributed by atoms with E-state index in [0.717, 1.165) is 53.3 Å². The maximum atomic E-state index is 2.49. The first-order valence-electron chi connectivity index (χ1n) is 11.7. The van der Waals surface area contributed by atoms with E-state index >= 15 is 0 Å². The van der Waals surface area contributed by atoms with Gasteiger partial charge in [-0.25, -0.2) is 0 Å². The zero-order valence-corrected chi connectivity index (χ0v) is 16.7. The first-order chi connectivity index (χ1) is 11.7.